The van der Waals surface area contributed by atoms with Gasteiger partial charge in [-0.05, 0) is 33.6 Å². The van der Waals surface area contributed by atoms with Crippen molar-refractivity contribution in [3.05, 3.63) is 0 Å². The molecule has 0 atom stereocenters. The third kappa shape index (κ3) is 4.39. The maximum absolute atomic E-state index is 11.0. The molecule has 1 heterocycles. The van der Waals surface area contributed by atoms with Gasteiger partial charge in [-0.1, -0.05) is 0 Å². The van der Waals surface area contributed by atoms with Crippen molar-refractivity contribution < 1.29 is 4.79 Å². The molecule has 1 aliphatic heterocycles. The topological polar surface area (TPSA) is 23.6 Å². The average molecular weight is 184 g/mol. The molecule has 0 aromatic rings. The molecule has 0 aliphatic carbocycles. The van der Waals surface area contributed by atoms with Gasteiger partial charge in [-0.2, -0.15) is 0 Å². The van der Waals surface area contributed by atoms with Crippen LogP contribution in [0.15, 0.2) is 0 Å². The summed E-state index contributed by atoms with van der Waals surface area (Å²) in [6, 6.07) is 0. The first-order valence-electron chi connectivity index (χ1n) is 5.07. The van der Waals surface area contributed by atoms with E-state index in [9.17, 15) is 4.79 Å². The Kier molecular flexibility index (Phi) is 4.39. The number of carbonyl (C=O) groups is 1. The highest BCUT2D eigenvalue weighted by molar-refractivity contribution is 5.79. The zero-order valence-electron chi connectivity index (χ0n) is 8.75. The summed E-state index contributed by atoms with van der Waals surface area (Å²) in [7, 11) is 4.19. The summed E-state index contributed by atoms with van der Waals surface area (Å²) >= 11 is 0. The van der Waals surface area contributed by atoms with Crippen LogP contribution in [0.3, 0.4) is 0 Å². The molecule has 0 radical (unpaired) electrons. The summed E-state index contributed by atoms with van der Waals surface area (Å²) in [5, 5.41) is 0. The summed E-state index contributed by atoms with van der Waals surface area (Å²) in [4.78, 5) is 15.6. The van der Waals surface area contributed by atoms with E-state index in [1.807, 2.05) is 0 Å². The summed E-state index contributed by atoms with van der Waals surface area (Å²) in [6.07, 6.45) is 2.74. The molecule has 0 aromatic heterocycles. The molecule has 0 unspecified atom stereocenters. The Labute approximate surface area is 80.7 Å². The van der Waals surface area contributed by atoms with Crippen LogP contribution in [-0.2, 0) is 4.79 Å². The highest BCUT2D eigenvalue weighted by Crippen LogP contribution is 2.05. The van der Waals surface area contributed by atoms with E-state index >= 15 is 0 Å². The SMILES string of the molecule is CN(C)CCCN1CCC(=O)CC1. The van der Waals surface area contributed by atoms with E-state index in [4.69, 9.17) is 0 Å². The summed E-state index contributed by atoms with van der Waals surface area (Å²) in [6.45, 7) is 4.24. The largest absolute Gasteiger partial charge is 0.309 e. The predicted octanol–water partition coefficient (Wildman–Crippen LogP) is 0.603. The Morgan fingerprint density at radius 1 is 1.31 bits per heavy atom. The zero-order valence-corrected chi connectivity index (χ0v) is 8.75. The van der Waals surface area contributed by atoms with Crippen molar-refractivity contribution in [2.45, 2.75) is 19.3 Å². The van der Waals surface area contributed by atoms with Crippen LogP contribution in [0.1, 0.15) is 19.3 Å². The zero-order chi connectivity index (χ0) is 9.68. The van der Waals surface area contributed by atoms with Crippen LogP contribution in [0.2, 0.25) is 0 Å². The normalized spacial score (nSPS) is 19.8. The van der Waals surface area contributed by atoms with Crippen LogP contribution in [0.5, 0.6) is 0 Å². The number of hydrogen-bond donors (Lipinski definition) is 0. The molecular formula is C10H20N2O. The lowest BCUT2D eigenvalue weighted by atomic mass is 10.1. The highest BCUT2D eigenvalue weighted by Gasteiger charge is 2.14. The van der Waals surface area contributed by atoms with Crippen LogP contribution < -0.4 is 0 Å². The molecule has 0 aromatic carbocycles. The number of likely N-dealkylation sites (tertiary alicyclic amines) is 1. The van der Waals surface area contributed by atoms with Crippen LogP contribution in [0.25, 0.3) is 0 Å². The molecule has 3 heteroatoms. The van der Waals surface area contributed by atoms with Gasteiger partial charge >= 0.3 is 0 Å². The Hall–Kier alpha value is -0.410. The number of Topliss-reactive ketones (excluding diaryl/α,β-unsaturated/α-hetero) is 1. The summed E-state index contributed by atoms with van der Waals surface area (Å²) < 4.78 is 0. The lowest BCUT2D eigenvalue weighted by molar-refractivity contribution is -0.121. The first-order chi connectivity index (χ1) is 6.18. The van der Waals surface area contributed by atoms with E-state index in [1.165, 1.54) is 6.42 Å². The molecule has 0 bridgehead atoms. The Bertz CT molecular complexity index is 158. The van der Waals surface area contributed by atoms with Crippen molar-refractivity contribution >= 4 is 5.78 Å². The predicted molar refractivity (Wildman–Crippen MR) is 53.9 cm³/mol. The number of carbonyl (C=O) groups excluding carboxylic acids is 1. The number of rotatable bonds is 4. The van der Waals surface area contributed by atoms with Crippen LogP contribution in [0, 0.1) is 0 Å². The molecule has 0 N–H and O–H groups in total. The fourth-order valence-electron chi connectivity index (χ4n) is 1.64. The van der Waals surface area contributed by atoms with Gasteiger partial charge in [0, 0.05) is 25.9 Å². The fourth-order valence-corrected chi connectivity index (χ4v) is 1.64. The third-order valence-electron chi connectivity index (χ3n) is 2.49. The minimum Gasteiger partial charge on any atom is -0.309 e. The van der Waals surface area contributed by atoms with Crippen molar-refractivity contribution in [3.63, 3.8) is 0 Å². The smallest absolute Gasteiger partial charge is 0.135 e. The second kappa shape index (κ2) is 5.35. The maximum Gasteiger partial charge on any atom is 0.135 e. The molecule has 0 spiro atoms. The van der Waals surface area contributed by atoms with E-state index in [0.717, 1.165) is 39.0 Å². The molecule has 1 aliphatic rings. The maximum atomic E-state index is 11.0. The van der Waals surface area contributed by atoms with E-state index in [-0.39, 0.29) is 0 Å². The van der Waals surface area contributed by atoms with Gasteiger partial charge in [0.25, 0.3) is 0 Å². The van der Waals surface area contributed by atoms with Crippen LogP contribution >= 0.6 is 0 Å². The summed E-state index contributed by atoms with van der Waals surface area (Å²) in [5.41, 5.74) is 0. The number of hydrogen-bond acceptors (Lipinski definition) is 3. The quantitative estimate of drug-likeness (QED) is 0.639. The van der Waals surface area contributed by atoms with Gasteiger partial charge in [-0.3, -0.25) is 4.79 Å². The van der Waals surface area contributed by atoms with Crippen molar-refractivity contribution in [3.8, 4) is 0 Å². The minimum atomic E-state index is 0.434. The molecule has 0 amide bonds. The third-order valence-corrected chi connectivity index (χ3v) is 2.49. The van der Waals surface area contributed by atoms with Crippen LogP contribution in [0.4, 0.5) is 0 Å². The lowest BCUT2D eigenvalue weighted by Crippen LogP contribution is -2.35. The van der Waals surface area contributed by atoms with Gasteiger partial charge in [0.15, 0.2) is 0 Å². The van der Waals surface area contributed by atoms with Gasteiger partial charge in [0.1, 0.15) is 5.78 Å². The van der Waals surface area contributed by atoms with E-state index in [2.05, 4.69) is 23.9 Å². The molecule has 1 saturated heterocycles. The van der Waals surface area contributed by atoms with Crippen molar-refractivity contribution in [2.24, 2.45) is 0 Å². The standard InChI is InChI=1S/C10H20N2O/c1-11(2)6-3-7-12-8-4-10(13)5-9-12/h3-9H2,1-2H3. The molecule has 13 heavy (non-hydrogen) atoms. The van der Waals surface area contributed by atoms with E-state index < -0.39 is 0 Å². The first-order valence-corrected chi connectivity index (χ1v) is 5.07. The van der Waals surface area contributed by atoms with E-state index in [1.54, 1.807) is 0 Å². The van der Waals surface area contributed by atoms with Gasteiger partial charge in [-0.15, -0.1) is 0 Å². The van der Waals surface area contributed by atoms with E-state index in [0.29, 0.717) is 5.78 Å². The molecule has 3 nitrogen and oxygen atoms in total. The van der Waals surface area contributed by atoms with Crippen LogP contribution in [-0.4, -0.2) is 55.9 Å². The van der Waals surface area contributed by atoms with Gasteiger partial charge in [0.2, 0.25) is 0 Å². The molecule has 0 saturated carbocycles. The fraction of sp³-hybridized carbons (Fsp3) is 0.900. The van der Waals surface area contributed by atoms with Gasteiger partial charge in [0.05, 0.1) is 0 Å². The second-order valence-corrected chi connectivity index (χ2v) is 4.04. The Morgan fingerprint density at radius 2 is 1.92 bits per heavy atom. The molecule has 1 fully saturated rings. The molecular weight excluding hydrogens is 164 g/mol. The average Bonchev–Trinajstić information content (AvgIpc) is 2.08. The minimum absolute atomic E-state index is 0.434. The monoisotopic (exact) mass is 184 g/mol. The molecule has 76 valence electrons. The van der Waals surface area contributed by atoms with Crippen molar-refractivity contribution in [1.82, 2.24) is 9.80 Å². The summed E-state index contributed by atoms with van der Waals surface area (Å²) in [5.74, 6) is 0.434. The van der Waals surface area contributed by atoms with Gasteiger partial charge in [-0.25, -0.2) is 0 Å². The van der Waals surface area contributed by atoms with Crippen molar-refractivity contribution in [1.29, 1.82) is 0 Å². The molecule has 1 rings (SSSR count). The number of piperidine rings is 1. The Balaban J connectivity index is 2.05. The first kappa shape index (κ1) is 10.7. The number of nitrogens with zero attached hydrogens (tertiary/aromatic N) is 2. The highest BCUT2D eigenvalue weighted by atomic mass is 16.1. The number of ketones is 1. The Morgan fingerprint density at radius 3 is 2.46 bits per heavy atom. The van der Waals surface area contributed by atoms with Gasteiger partial charge < -0.3 is 9.80 Å². The lowest BCUT2D eigenvalue weighted by Gasteiger charge is -2.26. The second-order valence-electron chi connectivity index (χ2n) is 4.04. The van der Waals surface area contributed by atoms with Crippen molar-refractivity contribution in [2.75, 3.05) is 40.3 Å².